The molecule has 0 aliphatic heterocycles. The Bertz CT molecular complexity index is 464. The molecular formula is C10H10N2O3S. The summed E-state index contributed by atoms with van der Waals surface area (Å²) >= 11 is 1.60. The zero-order valence-electron chi connectivity index (χ0n) is 8.67. The quantitative estimate of drug-likeness (QED) is 0.761. The van der Waals surface area contributed by atoms with Crippen molar-refractivity contribution in [1.29, 1.82) is 0 Å². The van der Waals surface area contributed by atoms with Gasteiger partial charge in [0.15, 0.2) is 0 Å². The molecule has 2 heterocycles. The standard InChI is InChI=1S/C10H10N2O3S/c1-2-14-10(13)9-11-8(15-12-9)6-7-4-3-5-16-7/h3-5H,2,6H2,1H3. The topological polar surface area (TPSA) is 65.2 Å². The summed E-state index contributed by atoms with van der Waals surface area (Å²) in [5, 5.41) is 5.53. The molecule has 0 saturated heterocycles. The van der Waals surface area contributed by atoms with E-state index in [0.29, 0.717) is 18.9 Å². The maximum Gasteiger partial charge on any atom is 0.379 e. The van der Waals surface area contributed by atoms with Crippen LogP contribution in [0.15, 0.2) is 22.0 Å². The summed E-state index contributed by atoms with van der Waals surface area (Å²) in [6, 6.07) is 3.92. The summed E-state index contributed by atoms with van der Waals surface area (Å²) in [5.74, 6) is -0.150. The van der Waals surface area contributed by atoms with Gasteiger partial charge in [-0.1, -0.05) is 6.07 Å². The number of thiophene rings is 1. The van der Waals surface area contributed by atoms with Crippen molar-refractivity contribution in [3.05, 3.63) is 34.1 Å². The lowest BCUT2D eigenvalue weighted by Gasteiger charge is -1.93. The van der Waals surface area contributed by atoms with Crippen LogP contribution in [0.4, 0.5) is 0 Å². The number of esters is 1. The van der Waals surface area contributed by atoms with E-state index < -0.39 is 5.97 Å². The minimum Gasteiger partial charge on any atom is -0.460 e. The molecule has 0 unspecified atom stereocenters. The van der Waals surface area contributed by atoms with Gasteiger partial charge in [-0.15, -0.1) is 11.3 Å². The number of hydrogen-bond acceptors (Lipinski definition) is 6. The molecule has 0 atom stereocenters. The van der Waals surface area contributed by atoms with Crippen molar-refractivity contribution in [2.75, 3.05) is 6.61 Å². The summed E-state index contributed by atoms with van der Waals surface area (Å²) in [5.41, 5.74) is 0. The van der Waals surface area contributed by atoms with Gasteiger partial charge in [0.2, 0.25) is 5.89 Å². The maximum atomic E-state index is 11.3. The fourth-order valence-electron chi connectivity index (χ4n) is 1.17. The van der Waals surface area contributed by atoms with E-state index in [0.717, 1.165) is 4.88 Å². The summed E-state index contributed by atoms with van der Waals surface area (Å²) < 4.78 is 9.71. The van der Waals surface area contributed by atoms with Crippen molar-refractivity contribution >= 4 is 17.3 Å². The van der Waals surface area contributed by atoms with Crippen LogP contribution in [0, 0.1) is 0 Å². The Labute approximate surface area is 96.0 Å². The lowest BCUT2D eigenvalue weighted by atomic mass is 10.3. The first-order chi connectivity index (χ1) is 7.79. The molecular weight excluding hydrogens is 228 g/mol. The van der Waals surface area contributed by atoms with Crippen LogP contribution in [0.2, 0.25) is 0 Å². The summed E-state index contributed by atoms with van der Waals surface area (Å²) in [4.78, 5) is 16.3. The zero-order valence-corrected chi connectivity index (χ0v) is 9.49. The van der Waals surface area contributed by atoms with Gasteiger partial charge in [-0.05, 0) is 23.5 Å². The first kappa shape index (κ1) is 10.8. The van der Waals surface area contributed by atoms with Crippen LogP contribution in [0.3, 0.4) is 0 Å². The lowest BCUT2D eigenvalue weighted by molar-refractivity contribution is 0.0508. The molecule has 0 saturated carbocycles. The second-order valence-electron chi connectivity index (χ2n) is 2.99. The highest BCUT2D eigenvalue weighted by atomic mass is 32.1. The van der Waals surface area contributed by atoms with Crippen molar-refractivity contribution in [3.63, 3.8) is 0 Å². The Balaban J connectivity index is 2.05. The van der Waals surface area contributed by atoms with Crippen LogP contribution in [0.25, 0.3) is 0 Å². The number of carbonyl (C=O) groups is 1. The molecule has 0 spiro atoms. The van der Waals surface area contributed by atoms with Crippen molar-refractivity contribution in [3.8, 4) is 0 Å². The summed E-state index contributed by atoms with van der Waals surface area (Å²) in [7, 11) is 0. The van der Waals surface area contributed by atoms with Crippen LogP contribution < -0.4 is 0 Å². The fourth-order valence-corrected chi connectivity index (χ4v) is 1.86. The Morgan fingerprint density at radius 2 is 2.50 bits per heavy atom. The predicted octanol–water partition coefficient (Wildman–Crippen LogP) is 1.90. The Morgan fingerprint density at radius 1 is 1.62 bits per heavy atom. The molecule has 5 nitrogen and oxygen atoms in total. The highest BCUT2D eigenvalue weighted by molar-refractivity contribution is 7.09. The zero-order chi connectivity index (χ0) is 11.4. The molecule has 84 valence electrons. The number of ether oxygens (including phenoxy) is 1. The normalized spacial score (nSPS) is 10.3. The third-order valence-corrected chi connectivity index (χ3v) is 2.71. The van der Waals surface area contributed by atoms with E-state index in [2.05, 4.69) is 10.1 Å². The summed E-state index contributed by atoms with van der Waals surface area (Å²) in [6.45, 7) is 2.03. The molecule has 0 bridgehead atoms. The number of aromatic nitrogens is 2. The van der Waals surface area contributed by atoms with Gasteiger partial charge in [0.05, 0.1) is 13.0 Å². The van der Waals surface area contributed by atoms with Crippen molar-refractivity contribution < 1.29 is 14.1 Å². The monoisotopic (exact) mass is 238 g/mol. The maximum absolute atomic E-state index is 11.3. The first-order valence-electron chi connectivity index (χ1n) is 4.81. The van der Waals surface area contributed by atoms with E-state index in [1.54, 1.807) is 18.3 Å². The first-order valence-corrected chi connectivity index (χ1v) is 5.69. The molecule has 2 aromatic rings. The van der Waals surface area contributed by atoms with Gasteiger partial charge in [0.25, 0.3) is 5.82 Å². The minimum absolute atomic E-state index is 0.0200. The van der Waals surface area contributed by atoms with Gasteiger partial charge >= 0.3 is 5.97 Å². The van der Waals surface area contributed by atoms with Gasteiger partial charge in [-0.2, -0.15) is 4.98 Å². The third kappa shape index (κ3) is 2.46. The molecule has 0 amide bonds. The smallest absolute Gasteiger partial charge is 0.379 e. The van der Waals surface area contributed by atoms with Gasteiger partial charge in [-0.3, -0.25) is 0 Å². The molecule has 0 fully saturated rings. The molecule has 2 aromatic heterocycles. The van der Waals surface area contributed by atoms with Gasteiger partial charge < -0.3 is 9.26 Å². The molecule has 0 aromatic carbocycles. The number of nitrogens with zero attached hydrogens (tertiary/aromatic N) is 2. The van der Waals surface area contributed by atoms with Crippen LogP contribution in [-0.4, -0.2) is 22.7 Å². The molecule has 0 aliphatic rings. The highest BCUT2D eigenvalue weighted by Gasteiger charge is 2.15. The van der Waals surface area contributed by atoms with Crippen molar-refractivity contribution in [2.45, 2.75) is 13.3 Å². The Kier molecular flexibility index (Phi) is 3.31. The van der Waals surface area contributed by atoms with E-state index in [9.17, 15) is 4.79 Å². The molecule has 0 aliphatic carbocycles. The SMILES string of the molecule is CCOC(=O)c1noc(Cc2cccs2)n1. The third-order valence-electron chi connectivity index (χ3n) is 1.83. The van der Waals surface area contributed by atoms with Crippen LogP contribution >= 0.6 is 11.3 Å². The van der Waals surface area contributed by atoms with E-state index in [-0.39, 0.29) is 5.82 Å². The van der Waals surface area contributed by atoms with E-state index in [4.69, 9.17) is 9.26 Å². The average molecular weight is 238 g/mol. The van der Waals surface area contributed by atoms with Gasteiger partial charge in [0, 0.05) is 4.88 Å². The molecule has 0 N–H and O–H groups in total. The average Bonchev–Trinajstić information content (AvgIpc) is 2.90. The number of carbonyl (C=O) groups excluding carboxylic acids is 1. The minimum atomic E-state index is -0.552. The largest absolute Gasteiger partial charge is 0.460 e. The Hall–Kier alpha value is -1.69. The second kappa shape index (κ2) is 4.89. The van der Waals surface area contributed by atoms with Crippen molar-refractivity contribution in [2.24, 2.45) is 0 Å². The molecule has 2 rings (SSSR count). The van der Waals surface area contributed by atoms with Crippen LogP contribution in [0.1, 0.15) is 28.3 Å². The predicted molar refractivity (Wildman–Crippen MR) is 57.4 cm³/mol. The Morgan fingerprint density at radius 3 is 3.19 bits per heavy atom. The van der Waals surface area contributed by atoms with Crippen LogP contribution in [0.5, 0.6) is 0 Å². The van der Waals surface area contributed by atoms with Gasteiger partial charge in [0.1, 0.15) is 0 Å². The summed E-state index contributed by atoms with van der Waals surface area (Å²) in [6.07, 6.45) is 0.546. The second-order valence-corrected chi connectivity index (χ2v) is 4.02. The van der Waals surface area contributed by atoms with Gasteiger partial charge in [-0.25, -0.2) is 4.79 Å². The lowest BCUT2D eigenvalue weighted by Crippen LogP contribution is -2.06. The van der Waals surface area contributed by atoms with Crippen LogP contribution in [-0.2, 0) is 11.2 Å². The number of rotatable bonds is 4. The molecule has 0 radical (unpaired) electrons. The van der Waals surface area contributed by atoms with E-state index in [1.807, 2.05) is 17.5 Å². The van der Waals surface area contributed by atoms with E-state index >= 15 is 0 Å². The van der Waals surface area contributed by atoms with E-state index in [1.165, 1.54) is 0 Å². The van der Waals surface area contributed by atoms with Crippen molar-refractivity contribution in [1.82, 2.24) is 10.1 Å². The number of hydrogen-bond donors (Lipinski definition) is 0. The highest BCUT2D eigenvalue weighted by Crippen LogP contribution is 2.13. The molecule has 6 heteroatoms. The fraction of sp³-hybridized carbons (Fsp3) is 0.300. The molecule has 16 heavy (non-hydrogen) atoms.